The normalized spacial score (nSPS) is 51.9. The monoisotopic (exact) mass is 238 g/mol. The van der Waals surface area contributed by atoms with Gasteiger partial charge < -0.3 is 0 Å². The van der Waals surface area contributed by atoms with Crippen molar-refractivity contribution in [3.8, 4) is 0 Å². The summed E-state index contributed by atoms with van der Waals surface area (Å²) < 4.78 is 0. The first-order valence-corrected chi connectivity index (χ1v) is 7.93. The van der Waals surface area contributed by atoms with Gasteiger partial charge in [-0.15, -0.1) is 0 Å². The van der Waals surface area contributed by atoms with Crippen LogP contribution in [0, 0.1) is 23.2 Å². The summed E-state index contributed by atoms with van der Waals surface area (Å²) >= 11 is 0. The van der Waals surface area contributed by atoms with Crippen LogP contribution in [-0.2, 0) is 5.41 Å². The highest BCUT2D eigenvalue weighted by Crippen LogP contribution is 2.88. The molecule has 5 rings (SSSR count). The lowest BCUT2D eigenvalue weighted by atomic mass is 9.87. The van der Waals surface area contributed by atoms with Gasteiger partial charge in [0.2, 0.25) is 0 Å². The van der Waals surface area contributed by atoms with Crippen LogP contribution >= 0.6 is 0 Å². The first kappa shape index (κ1) is 10.1. The van der Waals surface area contributed by atoms with Gasteiger partial charge in [0.1, 0.15) is 0 Å². The number of hydrogen-bond acceptors (Lipinski definition) is 0. The quantitative estimate of drug-likeness (QED) is 0.673. The second-order valence-electron chi connectivity index (χ2n) is 7.43. The van der Waals surface area contributed by atoms with Crippen molar-refractivity contribution in [2.24, 2.45) is 23.2 Å². The molecule has 0 heteroatoms. The van der Waals surface area contributed by atoms with E-state index in [-0.39, 0.29) is 0 Å². The van der Waals surface area contributed by atoms with E-state index < -0.39 is 0 Å². The maximum atomic E-state index is 2.41. The highest BCUT2D eigenvalue weighted by molar-refractivity contribution is 5.45. The Morgan fingerprint density at radius 2 is 1.83 bits per heavy atom. The maximum absolute atomic E-state index is 2.41. The van der Waals surface area contributed by atoms with Crippen molar-refractivity contribution in [3.05, 3.63) is 35.9 Å². The Morgan fingerprint density at radius 3 is 2.72 bits per heavy atom. The van der Waals surface area contributed by atoms with Crippen LogP contribution in [0.15, 0.2) is 30.3 Å². The van der Waals surface area contributed by atoms with Crippen molar-refractivity contribution in [1.29, 1.82) is 0 Å². The molecule has 0 nitrogen and oxygen atoms in total. The summed E-state index contributed by atoms with van der Waals surface area (Å²) in [5, 5.41) is 0. The topological polar surface area (TPSA) is 0 Å². The van der Waals surface area contributed by atoms with Crippen LogP contribution in [0.3, 0.4) is 0 Å². The average Bonchev–Trinajstić information content (AvgIpc) is 3.25. The smallest absolute Gasteiger partial charge is 0.00212 e. The minimum absolute atomic E-state index is 0.656. The zero-order valence-electron chi connectivity index (χ0n) is 11.1. The van der Waals surface area contributed by atoms with Crippen molar-refractivity contribution in [3.63, 3.8) is 0 Å². The Morgan fingerprint density at radius 1 is 0.944 bits per heavy atom. The van der Waals surface area contributed by atoms with E-state index in [4.69, 9.17) is 0 Å². The van der Waals surface area contributed by atoms with Gasteiger partial charge in [-0.1, -0.05) is 49.6 Å². The molecule has 0 heterocycles. The molecule has 1 spiro atoms. The summed E-state index contributed by atoms with van der Waals surface area (Å²) in [5.41, 5.74) is 3.17. The molecule has 0 amide bonds. The molecule has 4 saturated carbocycles. The Hall–Kier alpha value is -0.780. The van der Waals surface area contributed by atoms with Crippen LogP contribution in [0.4, 0.5) is 0 Å². The van der Waals surface area contributed by atoms with E-state index in [0.29, 0.717) is 5.41 Å². The summed E-state index contributed by atoms with van der Waals surface area (Å²) in [7, 11) is 0. The zero-order chi connectivity index (χ0) is 11.8. The van der Waals surface area contributed by atoms with Crippen molar-refractivity contribution in [2.45, 2.75) is 50.4 Å². The van der Waals surface area contributed by atoms with Crippen molar-refractivity contribution in [1.82, 2.24) is 0 Å². The van der Waals surface area contributed by atoms with Gasteiger partial charge in [0.05, 0.1) is 0 Å². The van der Waals surface area contributed by atoms with Gasteiger partial charge in [-0.25, -0.2) is 0 Å². The Kier molecular flexibility index (Phi) is 1.69. The molecule has 4 fully saturated rings. The van der Waals surface area contributed by atoms with Gasteiger partial charge >= 0.3 is 0 Å². The first-order valence-electron chi connectivity index (χ1n) is 7.93. The molecular weight excluding hydrogens is 216 g/mol. The van der Waals surface area contributed by atoms with Crippen LogP contribution in [-0.4, -0.2) is 0 Å². The predicted molar refractivity (Wildman–Crippen MR) is 73.3 cm³/mol. The summed E-state index contributed by atoms with van der Waals surface area (Å²) in [6.45, 7) is 0. The van der Waals surface area contributed by atoms with E-state index >= 15 is 0 Å². The Bertz CT molecular complexity index is 490. The molecule has 0 aromatic heterocycles. The molecular formula is C18H22. The SMILES string of the molecule is c1ccc([C@@]23C[C@H]2CC24CCCCC[C@H]2[C@H]43)cc1. The fourth-order valence-corrected chi connectivity index (χ4v) is 6.34. The number of rotatable bonds is 1. The lowest BCUT2D eigenvalue weighted by molar-refractivity contribution is 0.378. The predicted octanol–water partition coefficient (Wildman–Crippen LogP) is 4.54. The highest BCUT2D eigenvalue weighted by Gasteiger charge is 2.83. The summed E-state index contributed by atoms with van der Waals surface area (Å²) in [6.07, 6.45) is 10.7. The summed E-state index contributed by atoms with van der Waals surface area (Å²) in [5.74, 6) is 3.25. The molecule has 0 radical (unpaired) electrons. The van der Waals surface area contributed by atoms with Crippen LogP contribution in [0.5, 0.6) is 0 Å². The Balaban J connectivity index is 1.56. The molecule has 0 aliphatic heterocycles. The third-order valence-electron chi connectivity index (χ3n) is 6.95. The van der Waals surface area contributed by atoms with E-state index in [1.807, 2.05) is 0 Å². The molecule has 0 N–H and O–H groups in total. The van der Waals surface area contributed by atoms with E-state index in [2.05, 4.69) is 30.3 Å². The molecule has 94 valence electrons. The molecule has 0 bridgehead atoms. The van der Waals surface area contributed by atoms with Gasteiger partial charge in [-0.2, -0.15) is 0 Å². The standard InChI is InChI=1S/C18H22/c1-3-7-13(8-4-1)18-12-14(18)11-17-10-6-2-5-9-15(17)16(17)18/h1,3-4,7-8,14-16H,2,5-6,9-12H2/t14-,15+,16-,17?,18+/m1/s1. The van der Waals surface area contributed by atoms with Crippen LogP contribution in [0.1, 0.15) is 50.5 Å². The number of fused-ring (bicyclic) bond motifs is 3. The molecule has 18 heavy (non-hydrogen) atoms. The van der Waals surface area contributed by atoms with Gasteiger partial charge in [-0.3, -0.25) is 0 Å². The minimum atomic E-state index is 0.656. The Labute approximate surface area is 110 Å². The average molecular weight is 238 g/mol. The van der Waals surface area contributed by atoms with Gasteiger partial charge in [0.15, 0.2) is 0 Å². The van der Waals surface area contributed by atoms with E-state index in [1.165, 1.54) is 25.7 Å². The number of benzene rings is 1. The van der Waals surface area contributed by atoms with Crippen molar-refractivity contribution in [2.75, 3.05) is 0 Å². The molecule has 4 aliphatic carbocycles. The summed E-state index contributed by atoms with van der Waals surface area (Å²) in [6, 6.07) is 11.5. The second-order valence-corrected chi connectivity index (χ2v) is 7.43. The fraction of sp³-hybridized carbons (Fsp3) is 0.667. The molecule has 1 aromatic carbocycles. The van der Waals surface area contributed by atoms with Crippen molar-refractivity contribution < 1.29 is 0 Å². The maximum Gasteiger partial charge on any atom is 0.00212 e. The third-order valence-corrected chi connectivity index (χ3v) is 6.95. The van der Waals surface area contributed by atoms with E-state index in [1.54, 1.807) is 24.8 Å². The van der Waals surface area contributed by atoms with Crippen LogP contribution < -0.4 is 0 Å². The van der Waals surface area contributed by atoms with Crippen LogP contribution in [0.25, 0.3) is 0 Å². The van der Waals surface area contributed by atoms with Gasteiger partial charge in [0.25, 0.3) is 0 Å². The van der Waals surface area contributed by atoms with Gasteiger partial charge in [0, 0.05) is 5.41 Å². The molecule has 0 saturated heterocycles. The number of hydrogen-bond donors (Lipinski definition) is 0. The fourth-order valence-electron chi connectivity index (χ4n) is 6.34. The van der Waals surface area contributed by atoms with Gasteiger partial charge in [-0.05, 0) is 54.4 Å². The largest absolute Gasteiger partial charge is 0.0622 e. The summed E-state index contributed by atoms with van der Waals surface area (Å²) in [4.78, 5) is 0. The third kappa shape index (κ3) is 0.974. The molecule has 5 atom stereocenters. The van der Waals surface area contributed by atoms with E-state index in [9.17, 15) is 0 Å². The van der Waals surface area contributed by atoms with Crippen LogP contribution in [0.2, 0.25) is 0 Å². The molecule has 4 aliphatic rings. The van der Waals surface area contributed by atoms with Crippen molar-refractivity contribution >= 4 is 0 Å². The molecule has 1 unspecified atom stereocenters. The zero-order valence-corrected chi connectivity index (χ0v) is 11.1. The second kappa shape index (κ2) is 3.03. The lowest BCUT2D eigenvalue weighted by Gasteiger charge is -2.17. The molecule has 1 aromatic rings. The minimum Gasteiger partial charge on any atom is -0.0622 e. The lowest BCUT2D eigenvalue weighted by Crippen LogP contribution is -2.12. The van der Waals surface area contributed by atoms with E-state index in [0.717, 1.165) is 23.2 Å². The first-order chi connectivity index (χ1) is 8.88. The highest BCUT2D eigenvalue weighted by atomic mass is 14.9.